The number of aliphatic imine (C=N–C) groups is 2. The lowest BCUT2D eigenvalue weighted by Gasteiger charge is -2.23. The average Bonchev–Trinajstić information content (AvgIpc) is 2.49. The van der Waals surface area contributed by atoms with Gasteiger partial charge >= 0.3 is 0 Å². The maximum absolute atomic E-state index is 4.06. The molecule has 0 N–H and O–H groups in total. The summed E-state index contributed by atoms with van der Waals surface area (Å²) in [6.45, 7) is 1.65. The minimum atomic E-state index is 0.826. The van der Waals surface area contributed by atoms with Crippen LogP contribution in [0.1, 0.15) is 0 Å². The van der Waals surface area contributed by atoms with E-state index in [1.807, 2.05) is 24.8 Å². The third kappa shape index (κ3) is 2.18. The van der Waals surface area contributed by atoms with Crippen LogP contribution in [-0.4, -0.2) is 25.5 Å². The SMILES string of the molecule is C1=CN(c2ccc(N3C=CN=CC3)cc2)CC=N1. The summed E-state index contributed by atoms with van der Waals surface area (Å²) in [5.74, 6) is 0. The van der Waals surface area contributed by atoms with Crippen molar-refractivity contribution < 1.29 is 0 Å². The molecule has 2 aliphatic rings. The summed E-state index contributed by atoms with van der Waals surface area (Å²) in [5, 5.41) is 0. The fraction of sp³-hybridized carbons (Fsp3) is 0.143. The minimum absolute atomic E-state index is 0.826. The molecule has 0 aromatic heterocycles. The van der Waals surface area contributed by atoms with Crippen LogP contribution in [0.5, 0.6) is 0 Å². The Balaban J connectivity index is 1.76. The van der Waals surface area contributed by atoms with E-state index in [0.29, 0.717) is 0 Å². The molecule has 0 atom stereocenters. The summed E-state index contributed by atoms with van der Waals surface area (Å²) in [6, 6.07) is 8.49. The Labute approximate surface area is 106 Å². The Kier molecular flexibility index (Phi) is 2.92. The van der Waals surface area contributed by atoms with Crippen molar-refractivity contribution in [1.82, 2.24) is 0 Å². The third-order valence-electron chi connectivity index (χ3n) is 2.95. The zero-order chi connectivity index (χ0) is 12.2. The molecule has 1 aromatic rings. The van der Waals surface area contributed by atoms with Crippen LogP contribution in [-0.2, 0) is 0 Å². The second-order valence-electron chi connectivity index (χ2n) is 4.08. The molecule has 0 amide bonds. The van der Waals surface area contributed by atoms with Gasteiger partial charge in [0.05, 0.1) is 13.1 Å². The van der Waals surface area contributed by atoms with Gasteiger partial charge in [-0.1, -0.05) is 0 Å². The van der Waals surface area contributed by atoms with Crippen LogP contribution in [0.3, 0.4) is 0 Å². The van der Waals surface area contributed by atoms with E-state index in [-0.39, 0.29) is 0 Å². The Morgan fingerprint density at radius 2 is 1.17 bits per heavy atom. The lowest BCUT2D eigenvalue weighted by molar-refractivity contribution is 1.09. The second-order valence-corrected chi connectivity index (χ2v) is 4.08. The number of benzene rings is 1. The van der Waals surface area contributed by atoms with E-state index in [4.69, 9.17) is 0 Å². The minimum Gasteiger partial charge on any atom is -0.341 e. The van der Waals surface area contributed by atoms with Gasteiger partial charge < -0.3 is 9.80 Å². The maximum Gasteiger partial charge on any atom is 0.0579 e. The summed E-state index contributed by atoms with van der Waals surface area (Å²) < 4.78 is 0. The molecule has 4 nitrogen and oxygen atoms in total. The summed E-state index contributed by atoms with van der Waals surface area (Å²) in [7, 11) is 0. The van der Waals surface area contributed by atoms with Crippen molar-refractivity contribution in [2.24, 2.45) is 9.98 Å². The average molecular weight is 238 g/mol. The normalized spacial score (nSPS) is 17.6. The van der Waals surface area contributed by atoms with Crippen molar-refractivity contribution in [2.75, 3.05) is 22.9 Å². The van der Waals surface area contributed by atoms with Gasteiger partial charge in [0.1, 0.15) is 0 Å². The van der Waals surface area contributed by atoms with Crippen molar-refractivity contribution in [3.8, 4) is 0 Å². The summed E-state index contributed by atoms with van der Waals surface area (Å²) in [6.07, 6.45) is 11.4. The van der Waals surface area contributed by atoms with Crippen LogP contribution in [0.2, 0.25) is 0 Å². The van der Waals surface area contributed by atoms with Crippen LogP contribution in [0.25, 0.3) is 0 Å². The quantitative estimate of drug-likeness (QED) is 0.792. The van der Waals surface area contributed by atoms with E-state index in [1.165, 1.54) is 11.4 Å². The standard InChI is InChI=1S/C14H14N4/c1-2-14(18-11-7-16-8-12-18)4-3-13(1)17-9-5-15-6-10-17/h1-9,11H,10,12H2. The maximum atomic E-state index is 4.06. The van der Waals surface area contributed by atoms with E-state index in [9.17, 15) is 0 Å². The summed E-state index contributed by atoms with van der Waals surface area (Å²) >= 11 is 0. The summed E-state index contributed by atoms with van der Waals surface area (Å²) in [4.78, 5) is 12.4. The molecule has 2 heterocycles. The molecular formula is C14H14N4. The molecule has 0 saturated carbocycles. The monoisotopic (exact) mass is 238 g/mol. The van der Waals surface area contributed by atoms with Crippen molar-refractivity contribution in [3.05, 3.63) is 49.1 Å². The lowest BCUT2D eigenvalue weighted by Crippen LogP contribution is -2.22. The molecule has 0 unspecified atom stereocenters. The van der Waals surface area contributed by atoms with Gasteiger partial charge in [-0.05, 0) is 24.3 Å². The highest BCUT2D eigenvalue weighted by Gasteiger charge is 2.07. The van der Waals surface area contributed by atoms with Gasteiger partial charge in [-0.15, -0.1) is 0 Å². The van der Waals surface area contributed by atoms with E-state index >= 15 is 0 Å². The third-order valence-corrected chi connectivity index (χ3v) is 2.95. The first-order valence-electron chi connectivity index (χ1n) is 5.93. The van der Waals surface area contributed by atoms with Gasteiger partial charge in [-0.2, -0.15) is 0 Å². The van der Waals surface area contributed by atoms with Crippen LogP contribution in [0.15, 0.2) is 59.1 Å². The van der Waals surface area contributed by atoms with Crippen molar-refractivity contribution in [2.45, 2.75) is 0 Å². The number of rotatable bonds is 2. The highest BCUT2D eigenvalue weighted by atomic mass is 15.1. The predicted octanol–water partition coefficient (Wildman–Crippen LogP) is 2.41. The first kappa shape index (κ1) is 10.8. The predicted molar refractivity (Wildman–Crippen MR) is 76.4 cm³/mol. The van der Waals surface area contributed by atoms with Gasteiger partial charge in [0.25, 0.3) is 0 Å². The van der Waals surface area contributed by atoms with Gasteiger partial charge in [0, 0.05) is 48.6 Å². The van der Waals surface area contributed by atoms with Gasteiger partial charge in [-0.25, -0.2) is 0 Å². The molecule has 0 saturated heterocycles. The van der Waals surface area contributed by atoms with E-state index in [2.05, 4.69) is 44.1 Å². The molecular weight excluding hydrogens is 224 g/mol. The number of anilines is 2. The Morgan fingerprint density at radius 3 is 1.50 bits per heavy atom. The Bertz CT molecular complexity index is 476. The van der Waals surface area contributed by atoms with E-state index < -0.39 is 0 Å². The first-order chi connectivity index (χ1) is 8.93. The molecule has 1 aromatic carbocycles. The van der Waals surface area contributed by atoms with E-state index in [1.54, 1.807) is 12.4 Å². The van der Waals surface area contributed by atoms with E-state index in [0.717, 1.165) is 13.1 Å². The zero-order valence-corrected chi connectivity index (χ0v) is 9.98. The lowest BCUT2D eigenvalue weighted by atomic mass is 10.2. The number of nitrogens with zero attached hydrogens (tertiary/aromatic N) is 4. The zero-order valence-electron chi connectivity index (χ0n) is 9.98. The molecule has 0 radical (unpaired) electrons. The van der Waals surface area contributed by atoms with Crippen molar-refractivity contribution in [1.29, 1.82) is 0 Å². The molecule has 4 heteroatoms. The van der Waals surface area contributed by atoms with Gasteiger partial charge in [-0.3, -0.25) is 9.98 Å². The first-order valence-corrected chi connectivity index (χ1v) is 5.93. The number of hydrogen-bond donors (Lipinski definition) is 0. The largest absolute Gasteiger partial charge is 0.341 e. The second kappa shape index (κ2) is 4.87. The Hall–Kier alpha value is -2.36. The Morgan fingerprint density at radius 1 is 0.722 bits per heavy atom. The molecule has 90 valence electrons. The highest BCUT2D eigenvalue weighted by Crippen LogP contribution is 2.22. The van der Waals surface area contributed by atoms with Crippen LogP contribution in [0, 0.1) is 0 Å². The molecule has 0 aliphatic carbocycles. The smallest absolute Gasteiger partial charge is 0.0579 e. The topological polar surface area (TPSA) is 31.2 Å². The highest BCUT2D eigenvalue weighted by molar-refractivity contribution is 5.72. The molecule has 0 fully saturated rings. The number of hydrogen-bond acceptors (Lipinski definition) is 4. The van der Waals surface area contributed by atoms with Crippen LogP contribution >= 0.6 is 0 Å². The fourth-order valence-electron chi connectivity index (χ4n) is 1.97. The van der Waals surface area contributed by atoms with Crippen LogP contribution < -0.4 is 9.80 Å². The van der Waals surface area contributed by atoms with Crippen LogP contribution in [0.4, 0.5) is 11.4 Å². The fourth-order valence-corrected chi connectivity index (χ4v) is 1.97. The summed E-state index contributed by atoms with van der Waals surface area (Å²) in [5.41, 5.74) is 2.35. The molecule has 3 rings (SSSR count). The van der Waals surface area contributed by atoms with Gasteiger partial charge in [0.2, 0.25) is 0 Å². The van der Waals surface area contributed by atoms with Gasteiger partial charge in [0.15, 0.2) is 0 Å². The molecule has 0 bridgehead atoms. The molecule has 18 heavy (non-hydrogen) atoms. The van der Waals surface area contributed by atoms with Crippen molar-refractivity contribution in [3.63, 3.8) is 0 Å². The van der Waals surface area contributed by atoms with Crippen molar-refractivity contribution >= 4 is 23.8 Å². The molecule has 0 spiro atoms. The molecule has 2 aliphatic heterocycles.